The van der Waals surface area contributed by atoms with E-state index in [1.807, 2.05) is 18.2 Å². The second kappa shape index (κ2) is 11.5. The number of hydrogen-bond acceptors (Lipinski definition) is 6. The number of anilines is 1. The van der Waals surface area contributed by atoms with Crippen LogP contribution >= 0.6 is 11.6 Å². The average Bonchev–Trinajstić information content (AvgIpc) is 2.89. The lowest BCUT2D eigenvalue weighted by Gasteiger charge is -2.33. The van der Waals surface area contributed by atoms with Crippen molar-refractivity contribution in [2.75, 3.05) is 32.1 Å². The van der Waals surface area contributed by atoms with Crippen molar-refractivity contribution < 1.29 is 14.6 Å². The molecule has 192 valence electrons. The minimum Gasteiger partial charge on any atom is -0.503 e. The van der Waals surface area contributed by atoms with Gasteiger partial charge in [0.1, 0.15) is 0 Å². The standard InChI is InChI=1S/C29H36ClN3O3/c1-5-33(6-2)17-19-7-10-22(11-8-19)32-28-23-13-20(9-12-26(23)31-16-24(28)18(3)34)21-14-25(30)29(35)27(15-21)36-4/h9,12-16,19,22,35H,5-8,10-11,17H2,1-4H3,(H,31,32)/t19-,22-. The van der Waals surface area contributed by atoms with Crippen LogP contribution < -0.4 is 10.1 Å². The van der Waals surface area contributed by atoms with E-state index >= 15 is 0 Å². The van der Waals surface area contributed by atoms with Gasteiger partial charge in [-0.3, -0.25) is 9.78 Å². The summed E-state index contributed by atoms with van der Waals surface area (Å²) in [4.78, 5) is 19.6. The molecule has 0 bridgehead atoms. The zero-order chi connectivity index (χ0) is 25.8. The number of rotatable bonds is 9. The number of aromatic hydroxyl groups is 1. The van der Waals surface area contributed by atoms with E-state index in [0.29, 0.717) is 17.4 Å². The van der Waals surface area contributed by atoms with Crippen molar-refractivity contribution in [2.45, 2.75) is 52.5 Å². The summed E-state index contributed by atoms with van der Waals surface area (Å²) in [6, 6.07) is 9.74. The highest BCUT2D eigenvalue weighted by molar-refractivity contribution is 6.32. The van der Waals surface area contributed by atoms with E-state index in [2.05, 4.69) is 29.0 Å². The number of carbonyl (C=O) groups excluding carboxylic acids is 1. The monoisotopic (exact) mass is 509 g/mol. The minimum absolute atomic E-state index is 0.0122. The van der Waals surface area contributed by atoms with Gasteiger partial charge in [0.25, 0.3) is 0 Å². The predicted octanol–water partition coefficient (Wildman–Crippen LogP) is 6.78. The summed E-state index contributed by atoms with van der Waals surface area (Å²) in [5, 5.41) is 15.0. The summed E-state index contributed by atoms with van der Waals surface area (Å²) in [6.45, 7) is 9.40. The number of methoxy groups -OCH3 is 1. The Morgan fingerprint density at radius 3 is 2.50 bits per heavy atom. The topological polar surface area (TPSA) is 74.7 Å². The van der Waals surface area contributed by atoms with E-state index < -0.39 is 0 Å². The number of ether oxygens (including phenoxy) is 1. The zero-order valence-corrected chi connectivity index (χ0v) is 22.4. The molecule has 1 fully saturated rings. The molecule has 1 aliphatic rings. The normalized spacial score (nSPS) is 17.9. The number of nitrogens with zero attached hydrogens (tertiary/aromatic N) is 2. The Bertz CT molecular complexity index is 1230. The summed E-state index contributed by atoms with van der Waals surface area (Å²) in [6.07, 6.45) is 6.21. The first kappa shape index (κ1) is 26.2. The maximum absolute atomic E-state index is 12.6. The quantitative estimate of drug-likeness (QED) is 0.309. The van der Waals surface area contributed by atoms with Crippen LogP contribution in [0, 0.1) is 5.92 Å². The Kier molecular flexibility index (Phi) is 8.37. The first-order chi connectivity index (χ1) is 17.3. The highest BCUT2D eigenvalue weighted by Crippen LogP contribution is 2.40. The fraction of sp³-hybridized carbons (Fsp3) is 0.448. The zero-order valence-electron chi connectivity index (χ0n) is 21.6. The van der Waals surface area contributed by atoms with E-state index in [9.17, 15) is 9.90 Å². The Morgan fingerprint density at radius 1 is 1.14 bits per heavy atom. The second-order valence-corrected chi connectivity index (χ2v) is 10.1. The van der Waals surface area contributed by atoms with E-state index in [1.165, 1.54) is 26.5 Å². The van der Waals surface area contributed by atoms with Crippen LogP contribution in [0.2, 0.25) is 5.02 Å². The molecule has 1 aliphatic carbocycles. The predicted molar refractivity (Wildman–Crippen MR) is 148 cm³/mol. The molecule has 0 radical (unpaired) electrons. The highest BCUT2D eigenvalue weighted by Gasteiger charge is 2.24. The van der Waals surface area contributed by atoms with Crippen LogP contribution in [0.5, 0.6) is 11.5 Å². The Labute approximate surface area is 218 Å². The Hall–Kier alpha value is -2.83. The number of phenolic OH excluding ortho intramolecular Hbond substituents is 1. The van der Waals surface area contributed by atoms with E-state index in [-0.39, 0.29) is 16.6 Å². The van der Waals surface area contributed by atoms with Crippen LogP contribution in [0.25, 0.3) is 22.0 Å². The van der Waals surface area contributed by atoms with Crippen LogP contribution in [0.3, 0.4) is 0 Å². The van der Waals surface area contributed by atoms with Crippen molar-refractivity contribution in [1.29, 1.82) is 0 Å². The molecule has 1 saturated carbocycles. The van der Waals surface area contributed by atoms with Crippen LogP contribution in [0.1, 0.15) is 56.8 Å². The molecule has 0 saturated heterocycles. The molecule has 2 N–H and O–H groups in total. The number of benzene rings is 2. The Balaban J connectivity index is 1.65. The van der Waals surface area contributed by atoms with Crippen LogP contribution in [-0.2, 0) is 0 Å². The largest absolute Gasteiger partial charge is 0.503 e. The van der Waals surface area contributed by atoms with Gasteiger partial charge < -0.3 is 20.1 Å². The molecular formula is C29H36ClN3O3. The molecule has 1 aromatic heterocycles. The number of nitrogens with one attached hydrogen (secondary N) is 1. The van der Waals surface area contributed by atoms with E-state index in [0.717, 1.165) is 59.6 Å². The van der Waals surface area contributed by atoms with Gasteiger partial charge in [0.05, 0.1) is 28.9 Å². The number of halogens is 1. The third-order valence-electron chi connectivity index (χ3n) is 7.43. The maximum Gasteiger partial charge on any atom is 0.176 e. The smallest absolute Gasteiger partial charge is 0.176 e. The number of pyridine rings is 1. The molecule has 2 aromatic carbocycles. The summed E-state index contributed by atoms with van der Waals surface area (Å²) in [5.74, 6) is 0.948. The Morgan fingerprint density at radius 2 is 1.86 bits per heavy atom. The molecule has 36 heavy (non-hydrogen) atoms. The molecule has 1 heterocycles. The van der Waals surface area contributed by atoms with Crippen molar-refractivity contribution in [3.63, 3.8) is 0 Å². The average molecular weight is 510 g/mol. The van der Waals surface area contributed by atoms with Gasteiger partial charge in [0.15, 0.2) is 17.3 Å². The van der Waals surface area contributed by atoms with E-state index in [1.54, 1.807) is 25.3 Å². The number of aromatic nitrogens is 1. The summed E-state index contributed by atoms with van der Waals surface area (Å²) in [7, 11) is 1.50. The molecule has 3 aromatic rings. The van der Waals surface area contributed by atoms with Gasteiger partial charge in [-0.1, -0.05) is 31.5 Å². The maximum atomic E-state index is 12.6. The number of hydrogen-bond donors (Lipinski definition) is 2. The van der Waals surface area contributed by atoms with Crippen molar-refractivity contribution >= 4 is 34.0 Å². The molecule has 0 aliphatic heterocycles. The van der Waals surface area contributed by atoms with Crippen molar-refractivity contribution in [3.05, 3.63) is 47.1 Å². The van der Waals surface area contributed by atoms with Gasteiger partial charge in [0.2, 0.25) is 0 Å². The number of ketones is 1. The second-order valence-electron chi connectivity index (χ2n) is 9.69. The fourth-order valence-electron chi connectivity index (χ4n) is 5.23. The van der Waals surface area contributed by atoms with Crippen LogP contribution in [-0.4, -0.2) is 53.6 Å². The van der Waals surface area contributed by atoms with E-state index in [4.69, 9.17) is 16.3 Å². The van der Waals surface area contributed by atoms with Crippen molar-refractivity contribution in [3.8, 4) is 22.6 Å². The molecule has 0 amide bonds. The van der Waals surface area contributed by atoms with Gasteiger partial charge in [-0.25, -0.2) is 0 Å². The third kappa shape index (κ3) is 5.60. The minimum atomic E-state index is -0.0804. The SMILES string of the molecule is CCN(CC)C[C@H]1CC[C@H](Nc2c(C(C)=O)cnc3ccc(-c4cc(Cl)c(O)c(OC)c4)cc23)CC1. The summed E-state index contributed by atoms with van der Waals surface area (Å²) < 4.78 is 5.29. The van der Waals surface area contributed by atoms with Crippen LogP contribution in [0.15, 0.2) is 36.5 Å². The number of fused-ring (bicyclic) bond motifs is 1. The third-order valence-corrected chi connectivity index (χ3v) is 7.72. The van der Waals surface area contributed by atoms with Crippen LogP contribution in [0.4, 0.5) is 5.69 Å². The lowest BCUT2D eigenvalue weighted by atomic mass is 9.85. The summed E-state index contributed by atoms with van der Waals surface area (Å²) in [5.41, 5.74) is 3.98. The highest BCUT2D eigenvalue weighted by atomic mass is 35.5. The number of Topliss-reactive ketones (excluding diaryl/α,β-unsaturated/α-hetero) is 1. The molecule has 6 nitrogen and oxygen atoms in total. The number of phenols is 1. The van der Waals surface area contributed by atoms with Gasteiger partial charge in [-0.05, 0) is 87.0 Å². The number of carbonyl (C=O) groups is 1. The fourth-order valence-corrected chi connectivity index (χ4v) is 5.44. The molecular weight excluding hydrogens is 474 g/mol. The van der Waals surface area contributed by atoms with Gasteiger partial charge >= 0.3 is 0 Å². The lowest BCUT2D eigenvalue weighted by Crippen LogP contribution is -2.34. The molecule has 4 rings (SSSR count). The first-order valence-electron chi connectivity index (χ1n) is 12.8. The lowest BCUT2D eigenvalue weighted by molar-refractivity contribution is 0.101. The first-order valence-corrected chi connectivity index (χ1v) is 13.2. The molecule has 0 atom stereocenters. The summed E-state index contributed by atoms with van der Waals surface area (Å²) >= 11 is 6.25. The van der Waals surface area contributed by atoms with Gasteiger partial charge in [0, 0.05) is 24.2 Å². The molecule has 0 unspecified atom stereocenters. The van der Waals surface area contributed by atoms with Crippen molar-refractivity contribution in [2.24, 2.45) is 5.92 Å². The molecule has 0 spiro atoms. The van der Waals surface area contributed by atoms with Gasteiger partial charge in [-0.2, -0.15) is 0 Å². The van der Waals surface area contributed by atoms with Crippen molar-refractivity contribution in [1.82, 2.24) is 9.88 Å². The molecule has 7 heteroatoms. The van der Waals surface area contributed by atoms with Gasteiger partial charge in [-0.15, -0.1) is 0 Å².